The Morgan fingerprint density at radius 1 is 1.56 bits per heavy atom. The number of aliphatic hydroxyl groups is 1. The zero-order chi connectivity index (χ0) is 12.2. The van der Waals surface area contributed by atoms with Gasteiger partial charge in [-0.3, -0.25) is 0 Å². The van der Waals surface area contributed by atoms with Crippen molar-refractivity contribution >= 4 is 23.5 Å². The third-order valence-electron chi connectivity index (χ3n) is 3.15. The normalized spacial score (nSPS) is 28.7. The summed E-state index contributed by atoms with van der Waals surface area (Å²) in [7, 11) is 0. The van der Waals surface area contributed by atoms with Gasteiger partial charge in [0.15, 0.2) is 0 Å². The van der Waals surface area contributed by atoms with Gasteiger partial charge in [-0.1, -0.05) is 13.8 Å². The molecule has 0 bridgehead atoms. The number of hydrogen-bond acceptors (Lipinski definition) is 4. The van der Waals surface area contributed by atoms with E-state index in [4.69, 9.17) is 0 Å². The third-order valence-corrected chi connectivity index (χ3v) is 5.94. The Morgan fingerprint density at radius 3 is 2.75 bits per heavy atom. The lowest BCUT2D eigenvalue weighted by Crippen LogP contribution is -2.48. The van der Waals surface area contributed by atoms with Crippen molar-refractivity contribution in [2.75, 3.05) is 24.4 Å². The predicted molar refractivity (Wildman–Crippen MR) is 76.5 cm³/mol. The predicted octanol–water partition coefficient (Wildman–Crippen LogP) is 2.22. The van der Waals surface area contributed by atoms with Crippen LogP contribution in [0.3, 0.4) is 0 Å². The van der Waals surface area contributed by atoms with Gasteiger partial charge in [0.05, 0.1) is 6.61 Å². The Balaban J connectivity index is 2.41. The van der Waals surface area contributed by atoms with Gasteiger partial charge in [0.1, 0.15) is 0 Å². The summed E-state index contributed by atoms with van der Waals surface area (Å²) in [6.45, 7) is 7.13. The topological polar surface area (TPSA) is 32.3 Å². The molecule has 1 rings (SSSR count). The fourth-order valence-corrected chi connectivity index (χ4v) is 4.21. The van der Waals surface area contributed by atoms with Gasteiger partial charge in [0.25, 0.3) is 0 Å². The van der Waals surface area contributed by atoms with Crippen molar-refractivity contribution in [1.82, 2.24) is 5.32 Å². The summed E-state index contributed by atoms with van der Waals surface area (Å²) in [5, 5.41) is 13.3. The maximum atomic E-state index is 9.26. The zero-order valence-corrected chi connectivity index (χ0v) is 12.5. The summed E-state index contributed by atoms with van der Waals surface area (Å²) in [6, 6.07) is 0.990. The first-order valence-corrected chi connectivity index (χ1v) is 8.40. The van der Waals surface area contributed by atoms with E-state index in [0.717, 1.165) is 0 Å². The molecule has 1 saturated heterocycles. The summed E-state index contributed by atoms with van der Waals surface area (Å²) >= 11 is 3.79. The van der Waals surface area contributed by atoms with Crippen molar-refractivity contribution in [3.8, 4) is 0 Å². The molecule has 2 N–H and O–H groups in total. The highest BCUT2D eigenvalue weighted by Crippen LogP contribution is 2.33. The molecule has 0 spiro atoms. The molecule has 96 valence electrons. The van der Waals surface area contributed by atoms with Crippen LogP contribution in [0.4, 0.5) is 0 Å². The van der Waals surface area contributed by atoms with Crippen molar-refractivity contribution in [1.29, 1.82) is 0 Å². The fourth-order valence-electron chi connectivity index (χ4n) is 2.29. The largest absolute Gasteiger partial charge is 0.395 e. The number of aliphatic hydroxyl groups excluding tert-OH is 1. The van der Waals surface area contributed by atoms with E-state index >= 15 is 0 Å². The molecule has 0 amide bonds. The first-order valence-electron chi connectivity index (χ1n) is 5.96. The third kappa shape index (κ3) is 4.47. The molecule has 1 aliphatic heterocycles. The molecule has 4 heteroatoms. The summed E-state index contributed by atoms with van der Waals surface area (Å²) < 4.78 is 0. The molecule has 0 aromatic rings. The van der Waals surface area contributed by atoms with Gasteiger partial charge in [-0.25, -0.2) is 0 Å². The Kier molecular flexibility index (Phi) is 5.99. The first kappa shape index (κ1) is 14.7. The Hall–Kier alpha value is 0.620. The number of rotatable bonds is 5. The van der Waals surface area contributed by atoms with E-state index in [1.165, 1.54) is 17.9 Å². The summed E-state index contributed by atoms with van der Waals surface area (Å²) in [5.74, 6) is 2.48. The van der Waals surface area contributed by atoms with Gasteiger partial charge in [0.2, 0.25) is 0 Å². The molecule has 1 heterocycles. The monoisotopic (exact) mass is 263 g/mol. The summed E-state index contributed by atoms with van der Waals surface area (Å²) in [5.41, 5.74) is 0.453. The van der Waals surface area contributed by atoms with Crippen molar-refractivity contribution in [3.63, 3.8) is 0 Å². The molecule has 0 saturated carbocycles. The zero-order valence-electron chi connectivity index (χ0n) is 10.8. The lowest BCUT2D eigenvalue weighted by atomic mass is 9.87. The van der Waals surface area contributed by atoms with Crippen LogP contribution in [0.5, 0.6) is 0 Å². The van der Waals surface area contributed by atoms with Crippen molar-refractivity contribution < 1.29 is 5.11 Å². The summed E-state index contributed by atoms with van der Waals surface area (Å²) in [4.78, 5) is 0. The van der Waals surface area contributed by atoms with E-state index in [9.17, 15) is 5.11 Å². The second-order valence-electron chi connectivity index (χ2n) is 5.49. The second kappa shape index (κ2) is 6.53. The van der Waals surface area contributed by atoms with Crippen LogP contribution in [0.15, 0.2) is 0 Å². The molecule has 1 aliphatic rings. The highest BCUT2D eigenvalue weighted by atomic mass is 32.2. The minimum Gasteiger partial charge on any atom is -0.395 e. The van der Waals surface area contributed by atoms with Crippen LogP contribution in [0, 0.1) is 5.41 Å². The molecule has 16 heavy (non-hydrogen) atoms. The molecule has 0 aromatic heterocycles. The fraction of sp³-hybridized carbons (Fsp3) is 1.00. The Morgan fingerprint density at radius 2 is 2.25 bits per heavy atom. The van der Waals surface area contributed by atoms with Gasteiger partial charge >= 0.3 is 0 Å². The summed E-state index contributed by atoms with van der Waals surface area (Å²) in [6.07, 6.45) is 3.31. The molecule has 1 fully saturated rings. The second-order valence-corrected chi connectivity index (χ2v) is 7.60. The van der Waals surface area contributed by atoms with Crippen molar-refractivity contribution in [2.24, 2.45) is 5.41 Å². The maximum absolute atomic E-state index is 9.26. The molecule has 0 aliphatic carbocycles. The van der Waals surface area contributed by atoms with Crippen molar-refractivity contribution in [3.05, 3.63) is 0 Å². The average Bonchev–Trinajstić information content (AvgIpc) is 2.17. The molecular formula is C12H25NOS2. The maximum Gasteiger partial charge on any atom is 0.0564 e. The number of hydrogen-bond donors (Lipinski definition) is 2. The molecule has 0 aromatic carbocycles. The van der Waals surface area contributed by atoms with Gasteiger partial charge in [-0.15, -0.1) is 0 Å². The van der Waals surface area contributed by atoms with Crippen LogP contribution in [0.2, 0.25) is 0 Å². The van der Waals surface area contributed by atoms with Gasteiger partial charge in [-0.2, -0.15) is 23.5 Å². The lowest BCUT2D eigenvalue weighted by Gasteiger charge is -2.37. The lowest BCUT2D eigenvalue weighted by molar-refractivity contribution is 0.256. The average molecular weight is 263 g/mol. The highest BCUT2D eigenvalue weighted by Gasteiger charge is 2.30. The van der Waals surface area contributed by atoms with Crippen LogP contribution in [0.1, 0.15) is 27.2 Å². The van der Waals surface area contributed by atoms with Gasteiger partial charge in [0, 0.05) is 23.1 Å². The molecule has 0 radical (unpaired) electrons. The Labute approximate surface area is 108 Å². The van der Waals surface area contributed by atoms with E-state index in [1.54, 1.807) is 11.8 Å². The smallest absolute Gasteiger partial charge is 0.0564 e. The van der Waals surface area contributed by atoms with E-state index in [-0.39, 0.29) is 6.61 Å². The van der Waals surface area contributed by atoms with Crippen molar-refractivity contribution in [2.45, 2.75) is 44.5 Å². The SMILES string of the molecule is CSC(CO)C(C)NC1CSCC(C)(C)C1. The van der Waals surface area contributed by atoms with Crippen LogP contribution < -0.4 is 5.32 Å². The minimum atomic E-state index is 0.262. The van der Waals surface area contributed by atoms with E-state index in [0.29, 0.717) is 22.7 Å². The Bertz CT molecular complexity index is 207. The van der Waals surface area contributed by atoms with Gasteiger partial charge < -0.3 is 10.4 Å². The first-order chi connectivity index (χ1) is 7.48. The number of nitrogens with one attached hydrogen (secondary N) is 1. The van der Waals surface area contributed by atoms with E-state index in [1.807, 2.05) is 11.8 Å². The molecule has 3 atom stereocenters. The number of thioether (sulfide) groups is 2. The van der Waals surface area contributed by atoms with Crippen LogP contribution >= 0.6 is 23.5 Å². The van der Waals surface area contributed by atoms with E-state index in [2.05, 4.69) is 32.3 Å². The standard InChI is InChI=1S/C12H25NOS2/c1-9(11(6-14)15-4)13-10-5-12(2,3)8-16-7-10/h9-11,13-14H,5-8H2,1-4H3. The van der Waals surface area contributed by atoms with E-state index < -0.39 is 0 Å². The minimum absolute atomic E-state index is 0.262. The molecule has 2 nitrogen and oxygen atoms in total. The molecular weight excluding hydrogens is 238 g/mol. The van der Waals surface area contributed by atoms with Gasteiger partial charge in [-0.05, 0) is 30.8 Å². The molecule has 3 unspecified atom stereocenters. The quantitative estimate of drug-likeness (QED) is 0.797. The van der Waals surface area contributed by atoms with Crippen LogP contribution in [0.25, 0.3) is 0 Å². The van der Waals surface area contributed by atoms with Crippen LogP contribution in [-0.2, 0) is 0 Å². The highest BCUT2D eigenvalue weighted by molar-refractivity contribution is 7.99. The van der Waals surface area contributed by atoms with Crippen LogP contribution in [-0.4, -0.2) is 46.8 Å².